The summed E-state index contributed by atoms with van der Waals surface area (Å²) >= 11 is -2.22. The quantitative estimate of drug-likeness (QED) is 0.0469. The summed E-state index contributed by atoms with van der Waals surface area (Å²) in [6.07, 6.45) is 16.9. The van der Waals surface area contributed by atoms with Crippen molar-refractivity contribution in [2.24, 2.45) is 0 Å². The molecule has 2 saturated heterocycles. The molecule has 0 amide bonds. The molecule has 2 fully saturated rings. The van der Waals surface area contributed by atoms with Crippen LogP contribution in [0.2, 0.25) is 17.7 Å². The van der Waals surface area contributed by atoms with Crippen LogP contribution >= 0.6 is 0 Å². The molecular formula is C31H56O6Sn. The van der Waals surface area contributed by atoms with Crippen LogP contribution in [0.4, 0.5) is 0 Å². The van der Waals surface area contributed by atoms with Gasteiger partial charge in [0.1, 0.15) is 0 Å². The molecule has 0 saturated carbocycles. The first kappa shape index (κ1) is 33.6. The van der Waals surface area contributed by atoms with Gasteiger partial charge in [0.15, 0.2) is 0 Å². The zero-order valence-corrected chi connectivity index (χ0v) is 27.7. The van der Waals surface area contributed by atoms with Crippen molar-refractivity contribution in [3.05, 3.63) is 25.0 Å². The third-order valence-corrected chi connectivity index (χ3v) is 23.3. The number of rotatable bonds is 19. The fourth-order valence-corrected chi connectivity index (χ4v) is 20.9. The van der Waals surface area contributed by atoms with Crippen molar-refractivity contribution in [1.82, 2.24) is 0 Å². The van der Waals surface area contributed by atoms with E-state index in [1.54, 1.807) is 6.08 Å². The zero-order valence-electron chi connectivity index (χ0n) is 24.8. The monoisotopic (exact) mass is 644 g/mol. The Morgan fingerprint density at radius 3 is 2.16 bits per heavy atom. The molecule has 2 aliphatic rings. The predicted molar refractivity (Wildman–Crippen MR) is 157 cm³/mol. The van der Waals surface area contributed by atoms with Gasteiger partial charge in [-0.1, -0.05) is 0 Å². The molecule has 0 N–H and O–H groups in total. The summed E-state index contributed by atoms with van der Waals surface area (Å²) in [5, 5.41) is 0. The maximum atomic E-state index is 11.9. The van der Waals surface area contributed by atoms with Crippen molar-refractivity contribution in [1.29, 1.82) is 0 Å². The summed E-state index contributed by atoms with van der Waals surface area (Å²) in [7, 11) is 0. The number of carbonyl (C=O) groups is 1. The Kier molecular flexibility index (Phi) is 17.3. The molecule has 0 radical (unpaired) electrons. The molecule has 0 aromatic rings. The van der Waals surface area contributed by atoms with Gasteiger partial charge < -0.3 is 0 Å². The van der Waals surface area contributed by atoms with Gasteiger partial charge >= 0.3 is 225 Å². The fraction of sp³-hybridized carbons (Fsp3) is 0.839. The van der Waals surface area contributed by atoms with E-state index >= 15 is 0 Å². The van der Waals surface area contributed by atoms with Crippen LogP contribution < -0.4 is 0 Å². The minimum absolute atomic E-state index is 0.0639. The SMILES string of the molecule is C=C[C@@H]1OCCC[C@H]1OC(C[C@H]1OCCC[C@@H]1O/C=C\[CH2][Sn]([CH2]CCC)([CH2]CCC)[CH2]CCC)OC(C)=O. The van der Waals surface area contributed by atoms with E-state index in [0.29, 0.717) is 19.6 Å². The Balaban J connectivity index is 2.02. The summed E-state index contributed by atoms with van der Waals surface area (Å²) in [5.74, 6) is -0.356. The van der Waals surface area contributed by atoms with Gasteiger partial charge in [0, 0.05) is 6.61 Å². The normalized spacial score (nSPS) is 25.3. The maximum absolute atomic E-state index is 11.9. The average Bonchev–Trinajstić information content (AvgIpc) is 2.92. The van der Waals surface area contributed by atoms with Gasteiger partial charge in [0.2, 0.25) is 0 Å². The van der Waals surface area contributed by atoms with E-state index in [-0.39, 0.29) is 30.4 Å². The average molecular weight is 643 g/mol. The Bertz CT molecular complexity index is 662. The Hall–Kier alpha value is -0.571. The second-order valence-corrected chi connectivity index (χ2v) is 25.3. The van der Waals surface area contributed by atoms with E-state index in [0.717, 1.165) is 25.7 Å². The topological polar surface area (TPSA) is 63.2 Å². The third-order valence-electron chi connectivity index (χ3n) is 8.05. The van der Waals surface area contributed by atoms with Crippen molar-refractivity contribution in [2.45, 2.75) is 147 Å². The second kappa shape index (κ2) is 19.5. The number of esters is 1. The number of allylic oxidation sites excluding steroid dienone is 1. The molecule has 38 heavy (non-hydrogen) atoms. The fourth-order valence-electron chi connectivity index (χ4n) is 5.82. The molecule has 2 rings (SSSR count). The number of hydrogen-bond donors (Lipinski definition) is 0. The van der Waals surface area contributed by atoms with Gasteiger partial charge in [-0.3, -0.25) is 0 Å². The van der Waals surface area contributed by atoms with Crippen LogP contribution in [0.15, 0.2) is 25.0 Å². The number of hydrogen-bond acceptors (Lipinski definition) is 6. The first-order chi connectivity index (χ1) is 18.5. The molecule has 220 valence electrons. The number of carbonyl (C=O) groups excluding carboxylic acids is 1. The first-order valence-corrected chi connectivity index (χ1v) is 23.5. The van der Waals surface area contributed by atoms with E-state index < -0.39 is 24.7 Å². The summed E-state index contributed by atoms with van der Waals surface area (Å²) in [5.41, 5.74) is 0. The molecule has 2 aliphatic heterocycles. The molecule has 1 unspecified atom stereocenters. The van der Waals surface area contributed by atoms with E-state index in [4.69, 9.17) is 23.7 Å². The molecule has 0 bridgehead atoms. The van der Waals surface area contributed by atoms with Crippen LogP contribution in [0.1, 0.15) is 98.3 Å². The molecule has 7 heteroatoms. The van der Waals surface area contributed by atoms with Crippen molar-refractivity contribution >= 4 is 24.3 Å². The van der Waals surface area contributed by atoms with E-state index in [1.165, 1.54) is 63.2 Å². The summed E-state index contributed by atoms with van der Waals surface area (Å²) in [6, 6.07) is 0. The first-order valence-electron chi connectivity index (χ1n) is 15.5. The van der Waals surface area contributed by atoms with Gasteiger partial charge in [-0.05, 0) is 0 Å². The summed E-state index contributed by atoms with van der Waals surface area (Å²) in [6.45, 7) is 13.7. The van der Waals surface area contributed by atoms with Crippen molar-refractivity contribution in [3.8, 4) is 0 Å². The zero-order chi connectivity index (χ0) is 27.6. The Labute approximate surface area is 237 Å². The van der Waals surface area contributed by atoms with E-state index in [1.807, 2.05) is 6.26 Å². The molecular weight excluding hydrogens is 587 g/mol. The number of unbranched alkanes of at least 4 members (excludes halogenated alkanes) is 3. The summed E-state index contributed by atoms with van der Waals surface area (Å²) < 4.78 is 35.9. The van der Waals surface area contributed by atoms with Crippen LogP contribution in [0.5, 0.6) is 0 Å². The molecule has 0 aromatic carbocycles. The molecule has 2 heterocycles. The van der Waals surface area contributed by atoms with Crippen LogP contribution in [0.25, 0.3) is 0 Å². The van der Waals surface area contributed by atoms with Crippen molar-refractivity contribution < 1.29 is 28.5 Å². The van der Waals surface area contributed by atoms with Crippen LogP contribution in [0, 0.1) is 0 Å². The Morgan fingerprint density at radius 2 is 1.58 bits per heavy atom. The summed E-state index contributed by atoms with van der Waals surface area (Å²) in [4.78, 5) is 11.9. The predicted octanol–water partition coefficient (Wildman–Crippen LogP) is 7.94. The third kappa shape index (κ3) is 12.3. The van der Waals surface area contributed by atoms with E-state index in [2.05, 4.69) is 33.4 Å². The standard InChI is InChI=1S/C19H29O6.3C4H9.Sn/c1-4-10-21-16-8-6-12-23-18(16)13-19(24-14(3)20)25-17-9-7-11-22-15(17)5-2;3*1-3-4-2;/h4-5,10,15-19H,1-2,6-9,11-13H2,3H3;3*1,3-4H2,2H3;/b10-4-;;;;/t15-,16-,17+,18+,19?;;;;/m0..../s1. The number of ether oxygens (including phenoxy) is 5. The van der Waals surface area contributed by atoms with Gasteiger partial charge in [-0.25, -0.2) is 0 Å². The van der Waals surface area contributed by atoms with Gasteiger partial charge in [0.25, 0.3) is 0 Å². The second-order valence-electron chi connectivity index (χ2n) is 11.3. The van der Waals surface area contributed by atoms with Crippen LogP contribution in [0.3, 0.4) is 0 Å². The van der Waals surface area contributed by atoms with Gasteiger partial charge in [-0.15, -0.1) is 6.58 Å². The minimum atomic E-state index is -2.22. The Morgan fingerprint density at radius 1 is 0.974 bits per heavy atom. The molecule has 6 nitrogen and oxygen atoms in total. The molecule has 0 aromatic heterocycles. The van der Waals surface area contributed by atoms with Gasteiger partial charge in [0.05, 0.1) is 0 Å². The van der Waals surface area contributed by atoms with E-state index in [9.17, 15) is 4.79 Å². The van der Waals surface area contributed by atoms with Crippen LogP contribution in [-0.2, 0) is 28.5 Å². The molecule has 0 spiro atoms. The molecule has 5 atom stereocenters. The van der Waals surface area contributed by atoms with Crippen LogP contribution in [-0.4, -0.2) is 68.3 Å². The van der Waals surface area contributed by atoms with Crippen molar-refractivity contribution in [3.63, 3.8) is 0 Å². The van der Waals surface area contributed by atoms with Crippen molar-refractivity contribution in [2.75, 3.05) is 13.2 Å². The molecule has 0 aliphatic carbocycles. The van der Waals surface area contributed by atoms with Gasteiger partial charge in [-0.2, -0.15) is 0 Å².